The second-order valence-corrected chi connectivity index (χ2v) is 11.2. The van der Waals surface area contributed by atoms with Crippen LogP contribution in [0.25, 0.3) is 0 Å². The molecule has 0 aromatic heterocycles. The van der Waals surface area contributed by atoms with Crippen molar-refractivity contribution < 1.29 is 44.9 Å². The zero-order chi connectivity index (χ0) is 30.0. The van der Waals surface area contributed by atoms with Crippen LogP contribution in [0.1, 0.15) is 101 Å². The van der Waals surface area contributed by atoms with Gasteiger partial charge < -0.3 is 45.4 Å². The highest BCUT2D eigenvalue weighted by molar-refractivity contribution is 5.94. The van der Waals surface area contributed by atoms with Crippen LogP contribution in [0.2, 0.25) is 0 Å². The summed E-state index contributed by atoms with van der Waals surface area (Å²) < 4.78 is 11.0. The van der Waals surface area contributed by atoms with Crippen molar-refractivity contribution in [3.63, 3.8) is 0 Å². The molecule has 1 aliphatic heterocycles. The zero-order valence-corrected chi connectivity index (χ0v) is 24.5. The molecular weight excluding hydrogens is 530 g/mol. The van der Waals surface area contributed by atoms with Crippen molar-refractivity contribution >= 4 is 5.91 Å². The maximum absolute atomic E-state index is 12.8. The van der Waals surface area contributed by atoms with Crippen molar-refractivity contribution in [2.24, 2.45) is 0 Å². The highest BCUT2D eigenvalue weighted by Gasteiger charge is 2.44. The number of benzene rings is 1. The van der Waals surface area contributed by atoms with Crippen LogP contribution in [0, 0.1) is 0 Å². The highest BCUT2D eigenvalue weighted by Crippen LogP contribution is 2.23. The van der Waals surface area contributed by atoms with Crippen LogP contribution < -0.4 is 5.32 Å². The van der Waals surface area contributed by atoms with Gasteiger partial charge in [0.1, 0.15) is 30.5 Å². The molecule has 10 nitrogen and oxygen atoms in total. The summed E-state index contributed by atoms with van der Waals surface area (Å²) in [7, 11) is 0. The van der Waals surface area contributed by atoms with Gasteiger partial charge in [-0.15, -0.1) is 0 Å². The first-order chi connectivity index (χ1) is 19.8. The lowest BCUT2D eigenvalue weighted by atomic mass is 9.98. The summed E-state index contributed by atoms with van der Waals surface area (Å²) in [6.45, 7) is 1.25. The second kappa shape index (κ2) is 20.3. The Bertz CT molecular complexity index is 812. The van der Waals surface area contributed by atoms with Crippen molar-refractivity contribution in [3.05, 3.63) is 35.9 Å². The minimum atomic E-state index is -1.62. The number of rotatable bonds is 21. The van der Waals surface area contributed by atoms with Gasteiger partial charge in [0.2, 0.25) is 0 Å². The first-order valence-corrected chi connectivity index (χ1v) is 15.4. The molecule has 1 aromatic rings. The Morgan fingerprint density at radius 1 is 0.854 bits per heavy atom. The van der Waals surface area contributed by atoms with Gasteiger partial charge >= 0.3 is 0 Å². The van der Waals surface area contributed by atoms with Crippen molar-refractivity contribution in [2.45, 2.75) is 139 Å². The molecule has 2 rings (SSSR count). The van der Waals surface area contributed by atoms with E-state index in [0.29, 0.717) is 12.0 Å². The molecular formula is C31H53NO9. The third kappa shape index (κ3) is 12.6. The Hall–Kier alpha value is -1.63. The number of hydrogen-bond acceptors (Lipinski definition) is 9. The summed E-state index contributed by atoms with van der Waals surface area (Å²) in [4.78, 5) is 12.8. The summed E-state index contributed by atoms with van der Waals surface area (Å²) in [5.74, 6) is -0.482. The maximum Gasteiger partial charge on any atom is 0.251 e. The highest BCUT2D eigenvalue weighted by atomic mass is 16.7. The molecule has 7 N–H and O–H groups in total. The summed E-state index contributed by atoms with van der Waals surface area (Å²) in [6, 6.07) is 7.33. The number of carbonyl (C=O) groups is 1. The molecule has 236 valence electrons. The lowest BCUT2D eigenvalue weighted by Gasteiger charge is -2.40. The molecule has 1 fully saturated rings. The van der Waals surface area contributed by atoms with Crippen LogP contribution in [0.4, 0.5) is 0 Å². The van der Waals surface area contributed by atoms with Crippen molar-refractivity contribution in [1.82, 2.24) is 5.32 Å². The van der Waals surface area contributed by atoms with Crippen LogP contribution in [0.5, 0.6) is 0 Å². The SMILES string of the molecule is CCCCCCCCCCCCCCC(O)C(O)C(COC1OC(CO)C(O)C(O)C1O)NC(=O)c1ccccc1. The zero-order valence-electron chi connectivity index (χ0n) is 24.5. The fourth-order valence-corrected chi connectivity index (χ4v) is 5.10. The molecule has 41 heavy (non-hydrogen) atoms. The fraction of sp³-hybridized carbons (Fsp3) is 0.774. The normalized spacial score (nSPS) is 25.0. The summed E-state index contributed by atoms with van der Waals surface area (Å²) >= 11 is 0. The van der Waals surface area contributed by atoms with Gasteiger partial charge in [0.25, 0.3) is 5.91 Å². The van der Waals surface area contributed by atoms with E-state index in [9.17, 15) is 35.4 Å². The van der Waals surface area contributed by atoms with E-state index in [-0.39, 0.29) is 6.61 Å². The minimum absolute atomic E-state index is 0.344. The second-order valence-electron chi connectivity index (χ2n) is 11.2. The predicted octanol–water partition coefficient (Wildman–Crippen LogP) is 2.41. The summed E-state index contributed by atoms with van der Waals surface area (Å²) in [5, 5.41) is 64.1. The Morgan fingerprint density at radius 3 is 1.98 bits per heavy atom. The van der Waals surface area contributed by atoms with E-state index in [1.54, 1.807) is 30.3 Å². The topological polar surface area (TPSA) is 169 Å². The van der Waals surface area contributed by atoms with Crippen molar-refractivity contribution in [2.75, 3.05) is 13.2 Å². The quantitative estimate of drug-likeness (QED) is 0.107. The molecule has 0 radical (unpaired) electrons. The molecule has 0 bridgehead atoms. The number of aliphatic hydroxyl groups is 6. The molecule has 0 saturated carbocycles. The Balaban J connectivity index is 1.83. The molecule has 10 heteroatoms. The number of hydrogen-bond donors (Lipinski definition) is 7. The average Bonchev–Trinajstić information content (AvgIpc) is 2.99. The van der Waals surface area contributed by atoms with Crippen LogP contribution in [-0.2, 0) is 9.47 Å². The van der Waals surface area contributed by atoms with E-state index in [4.69, 9.17) is 9.47 Å². The Labute approximate surface area is 244 Å². The molecule has 0 aliphatic carbocycles. The molecule has 1 saturated heterocycles. The first kappa shape index (κ1) is 35.6. The van der Waals surface area contributed by atoms with Crippen LogP contribution in [0.15, 0.2) is 30.3 Å². The largest absolute Gasteiger partial charge is 0.394 e. The molecule has 1 aromatic carbocycles. The summed E-state index contributed by atoms with van der Waals surface area (Å²) in [5.41, 5.74) is 0.355. The number of carbonyl (C=O) groups excluding carboxylic acids is 1. The standard InChI is InChI=1S/C31H53NO9/c1-2-3-4-5-6-7-8-9-10-11-12-16-19-24(34)26(35)23(32-30(39)22-17-14-13-15-18-22)21-40-31-29(38)28(37)27(36)25(20-33)41-31/h13-15,17-18,23-29,31,33-38H,2-12,16,19-21H2,1H3,(H,32,39). The summed E-state index contributed by atoms with van der Waals surface area (Å²) in [6.07, 6.45) is 4.67. The van der Waals surface area contributed by atoms with E-state index in [1.807, 2.05) is 0 Å². The van der Waals surface area contributed by atoms with Gasteiger partial charge in [0, 0.05) is 5.56 Å². The van der Waals surface area contributed by atoms with Gasteiger partial charge in [0.05, 0.1) is 25.4 Å². The van der Waals surface area contributed by atoms with Gasteiger partial charge in [-0.2, -0.15) is 0 Å². The first-order valence-electron chi connectivity index (χ1n) is 15.4. The van der Waals surface area contributed by atoms with Crippen molar-refractivity contribution in [1.29, 1.82) is 0 Å². The van der Waals surface area contributed by atoms with E-state index in [1.165, 1.54) is 51.4 Å². The third-order valence-corrected chi connectivity index (χ3v) is 7.80. The molecule has 0 spiro atoms. The van der Waals surface area contributed by atoms with Gasteiger partial charge in [-0.25, -0.2) is 0 Å². The molecule has 1 heterocycles. The maximum atomic E-state index is 12.8. The lowest BCUT2D eigenvalue weighted by Crippen LogP contribution is -2.60. The van der Waals surface area contributed by atoms with Gasteiger partial charge in [-0.05, 0) is 18.6 Å². The molecule has 8 unspecified atom stereocenters. The number of unbranched alkanes of at least 4 members (excludes halogenated alkanes) is 11. The van der Waals surface area contributed by atoms with Crippen LogP contribution in [0.3, 0.4) is 0 Å². The van der Waals surface area contributed by atoms with E-state index in [2.05, 4.69) is 12.2 Å². The Morgan fingerprint density at radius 2 is 1.41 bits per heavy atom. The van der Waals surface area contributed by atoms with Gasteiger partial charge in [0.15, 0.2) is 6.29 Å². The monoisotopic (exact) mass is 583 g/mol. The molecule has 1 amide bonds. The van der Waals surface area contributed by atoms with E-state index < -0.39 is 61.5 Å². The van der Waals surface area contributed by atoms with Gasteiger partial charge in [-0.1, -0.05) is 102 Å². The smallest absolute Gasteiger partial charge is 0.251 e. The minimum Gasteiger partial charge on any atom is -0.394 e. The molecule has 1 aliphatic rings. The Kier molecular flexibility index (Phi) is 17.6. The number of amides is 1. The third-order valence-electron chi connectivity index (χ3n) is 7.80. The lowest BCUT2D eigenvalue weighted by molar-refractivity contribution is -0.303. The number of ether oxygens (including phenoxy) is 2. The van der Waals surface area contributed by atoms with Crippen LogP contribution >= 0.6 is 0 Å². The number of nitrogens with one attached hydrogen (secondary N) is 1. The van der Waals surface area contributed by atoms with E-state index >= 15 is 0 Å². The predicted molar refractivity (Wildman–Crippen MR) is 155 cm³/mol. The average molecular weight is 584 g/mol. The fourth-order valence-electron chi connectivity index (χ4n) is 5.10. The van der Waals surface area contributed by atoms with E-state index in [0.717, 1.165) is 25.7 Å². The van der Waals surface area contributed by atoms with Crippen LogP contribution in [-0.4, -0.2) is 98.7 Å². The van der Waals surface area contributed by atoms with Crippen molar-refractivity contribution in [3.8, 4) is 0 Å². The number of aliphatic hydroxyl groups excluding tert-OH is 6. The van der Waals surface area contributed by atoms with Gasteiger partial charge in [-0.3, -0.25) is 4.79 Å². The molecule has 8 atom stereocenters.